The smallest absolute Gasteiger partial charge is 0.411 e. The number of carbonyl (C=O) groups is 1. The van der Waals surface area contributed by atoms with Gasteiger partial charge in [0.15, 0.2) is 5.96 Å². The summed E-state index contributed by atoms with van der Waals surface area (Å²) in [6, 6.07) is 17.9. The number of guanidine groups is 1. The van der Waals surface area contributed by atoms with E-state index in [2.05, 4.69) is 56.9 Å². The van der Waals surface area contributed by atoms with Gasteiger partial charge in [-0.1, -0.05) is 49.4 Å². The van der Waals surface area contributed by atoms with Crippen molar-refractivity contribution in [2.75, 3.05) is 26.0 Å². The van der Waals surface area contributed by atoms with E-state index in [4.69, 9.17) is 0 Å². The summed E-state index contributed by atoms with van der Waals surface area (Å²) in [5.74, 6) is 1.14. The molecule has 1 unspecified atom stereocenters. The lowest BCUT2D eigenvalue weighted by Crippen LogP contribution is -2.38. The van der Waals surface area contributed by atoms with Gasteiger partial charge in [-0.15, -0.1) is 0 Å². The number of ether oxygens (including phenoxy) is 1. The van der Waals surface area contributed by atoms with Crippen LogP contribution in [0.4, 0.5) is 10.5 Å². The molecule has 3 N–H and O–H groups in total. The summed E-state index contributed by atoms with van der Waals surface area (Å²) in [6.07, 6.45) is -0.479. The van der Waals surface area contributed by atoms with E-state index < -0.39 is 6.09 Å². The molecule has 26 heavy (non-hydrogen) atoms. The Balaban J connectivity index is 1.80. The third kappa shape index (κ3) is 6.12. The van der Waals surface area contributed by atoms with Crippen molar-refractivity contribution in [3.8, 4) is 0 Å². The number of hydrogen-bond donors (Lipinski definition) is 3. The van der Waals surface area contributed by atoms with E-state index >= 15 is 0 Å². The van der Waals surface area contributed by atoms with Gasteiger partial charge in [0, 0.05) is 25.8 Å². The van der Waals surface area contributed by atoms with E-state index in [1.165, 1.54) is 12.7 Å². The Hall–Kier alpha value is -3.02. The maximum absolute atomic E-state index is 11.2. The van der Waals surface area contributed by atoms with E-state index in [-0.39, 0.29) is 0 Å². The van der Waals surface area contributed by atoms with E-state index in [9.17, 15) is 4.79 Å². The van der Waals surface area contributed by atoms with Gasteiger partial charge in [-0.3, -0.25) is 10.3 Å². The van der Waals surface area contributed by atoms with Crippen LogP contribution in [0.3, 0.4) is 0 Å². The molecule has 138 valence electrons. The van der Waals surface area contributed by atoms with Crippen molar-refractivity contribution < 1.29 is 9.53 Å². The quantitative estimate of drug-likeness (QED) is 0.549. The van der Waals surface area contributed by atoms with E-state index in [1.54, 1.807) is 7.05 Å². The molecule has 0 saturated carbocycles. The Bertz CT molecular complexity index is 714. The van der Waals surface area contributed by atoms with E-state index in [1.807, 2.05) is 30.3 Å². The summed E-state index contributed by atoms with van der Waals surface area (Å²) in [5, 5.41) is 9.26. The first-order valence-electron chi connectivity index (χ1n) is 8.55. The minimum absolute atomic E-state index is 0.387. The van der Waals surface area contributed by atoms with Crippen LogP contribution in [-0.4, -0.2) is 32.8 Å². The second-order valence-electron chi connectivity index (χ2n) is 5.93. The van der Waals surface area contributed by atoms with Crippen molar-refractivity contribution in [3.63, 3.8) is 0 Å². The second-order valence-corrected chi connectivity index (χ2v) is 5.93. The first kappa shape index (κ1) is 19.3. The van der Waals surface area contributed by atoms with Crippen LogP contribution in [0, 0.1) is 0 Å². The molecule has 1 atom stereocenters. The van der Waals surface area contributed by atoms with Crippen molar-refractivity contribution in [1.29, 1.82) is 0 Å². The summed E-state index contributed by atoms with van der Waals surface area (Å²) in [4.78, 5) is 15.4. The summed E-state index contributed by atoms with van der Waals surface area (Å²) in [5.41, 5.74) is 3.07. The molecule has 6 nitrogen and oxygen atoms in total. The fourth-order valence-electron chi connectivity index (χ4n) is 2.43. The molecule has 6 heteroatoms. The molecule has 0 aliphatic carbocycles. The Labute approximate surface area is 154 Å². The third-order valence-electron chi connectivity index (χ3n) is 4.01. The fourth-order valence-corrected chi connectivity index (χ4v) is 2.43. The maximum atomic E-state index is 11.2. The molecule has 2 aromatic rings. The van der Waals surface area contributed by atoms with Crippen LogP contribution in [0.25, 0.3) is 0 Å². The highest BCUT2D eigenvalue weighted by atomic mass is 16.5. The molecule has 0 aliphatic rings. The van der Waals surface area contributed by atoms with Crippen LogP contribution in [0.2, 0.25) is 0 Å². The van der Waals surface area contributed by atoms with E-state index in [0.717, 1.165) is 18.1 Å². The first-order chi connectivity index (χ1) is 12.6. The van der Waals surface area contributed by atoms with Crippen LogP contribution in [0.15, 0.2) is 59.6 Å². The average Bonchev–Trinajstić information content (AvgIpc) is 2.69. The normalized spacial score (nSPS) is 12.2. The van der Waals surface area contributed by atoms with Crippen molar-refractivity contribution in [2.45, 2.75) is 19.4 Å². The lowest BCUT2D eigenvalue weighted by Gasteiger charge is -2.16. The van der Waals surface area contributed by atoms with Crippen molar-refractivity contribution >= 4 is 17.7 Å². The number of nitrogens with zero attached hydrogens (tertiary/aromatic N) is 1. The zero-order valence-corrected chi connectivity index (χ0v) is 15.5. The predicted octanol–water partition coefficient (Wildman–Crippen LogP) is 3.33. The lowest BCUT2D eigenvalue weighted by molar-refractivity contribution is 0.187. The molecule has 0 aliphatic heterocycles. The number of hydrogen-bond acceptors (Lipinski definition) is 3. The Morgan fingerprint density at radius 2 is 1.77 bits per heavy atom. The maximum Gasteiger partial charge on any atom is 0.411 e. The molecule has 2 aromatic carbocycles. The topological polar surface area (TPSA) is 74.8 Å². The summed E-state index contributed by atoms with van der Waals surface area (Å²) < 4.78 is 4.57. The average molecular weight is 354 g/mol. The molecule has 0 radical (unpaired) electrons. The Morgan fingerprint density at radius 3 is 2.38 bits per heavy atom. The Morgan fingerprint density at radius 1 is 1.08 bits per heavy atom. The monoisotopic (exact) mass is 354 g/mol. The van der Waals surface area contributed by atoms with Gasteiger partial charge >= 0.3 is 6.09 Å². The largest absolute Gasteiger partial charge is 0.453 e. The summed E-state index contributed by atoms with van der Waals surface area (Å²) in [7, 11) is 3.09. The van der Waals surface area contributed by atoms with Crippen molar-refractivity contribution in [1.82, 2.24) is 10.6 Å². The molecule has 0 fully saturated rings. The van der Waals surface area contributed by atoms with Gasteiger partial charge < -0.3 is 15.4 Å². The number of amides is 1. The lowest BCUT2D eigenvalue weighted by atomic mass is 10.0. The highest BCUT2D eigenvalue weighted by Crippen LogP contribution is 2.13. The van der Waals surface area contributed by atoms with Crippen LogP contribution in [0.5, 0.6) is 0 Å². The SMILES string of the molecule is CN=C(NCc1ccc(NC(=O)OC)cc1)NCC(C)c1ccccc1. The number of methoxy groups -OCH3 is 1. The predicted molar refractivity (Wildman–Crippen MR) is 106 cm³/mol. The van der Waals surface area contributed by atoms with Gasteiger partial charge in [-0.2, -0.15) is 0 Å². The minimum Gasteiger partial charge on any atom is -0.453 e. The highest BCUT2D eigenvalue weighted by molar-refractivity contribution is 5.84. The van der Waals surface area contributed by atoms with E-state index in [0.29, 0.717) is 18.2 Å². The van der Waals surface area contributed by atoms with Gasteiger partial charge in [0.25, 0.3) is 0 Å². The highest BCUT2D eigenvalue weighted by Gasteiger charge is 2.06. The minimum atomic E-state index is -0.479. The fraction of sp³-hybridized carbons (Fsp3) is 0.300. The number of anilines is 1. The molecular weight excluding hydrogens is 328 g/mol. The molecule has 0 saturated heterocycles. The summed E-state index contributed by atoms with van der Waals surface area (Å²) >= 11 is 0. The summed E-state index contributed by atoms with van der Waals surface area (Å²) in [6.45, 7) is 3.62. The molecule has 0 aromatic heterocycles. The van der Waals surface area contributed by atoms with Crippen LogP contribution in [-0.2, 0) is 11.3 Å². The van der Waals surface area contributed by atoms with Crippen molar-refractivity contribution in [3.05, 3.63) is 65.7 Å². The van der Waals surface area contributed by atoms with Gasteiger partial charge in [0.05, 0.1) is 7.11 Å². The number of aliphatic imine (C=N–C) groups is 1. The van der Waals surface area contributed by atoms with Crippen LogP contribution in [0.1, 0.15) is 24.0 Å². The molecule has 1 amide bonds. The number of benzene rings is 2. The van der Waals surface area contributed by atoms with Gasteiger partial charge in [-0.05, 0) is 29.2 Å². The molecule has 0 bridgehead atoms. The molecule has 2 rings (SSSR count). The third-order valence-corrected chi connectivity index (χ3v) is 4.01. The van der Waals surface area contributed by atoms with Gasteiger partial charge in [0.1, 0.15) is 0 Å². The number of rotatable bonds is 6. The molecule has 0 spiro atoms. The van der Waals surface area contributed by atoms with Crippen LogP contribution < -0.4 is 16.0 Å². The first-order valence-corrected chi connectivity index (χ1v) is 8.55. The Kier molecular flexibility index (Phi) is 7.49. The molecular formula is C20H26N4O2. The molecule has 0 heterocycles. The number of carbonyl (C=O) groups excluding carboxylic acids is 1. The second kappa shape index (κ2) is 10.1. The number of nitrogens with one attached hydrogen (secondary N) is 3. The van der Waals surface area contributed by atoms with Gasteiger partial charge in [0.2, 0.25) is 0 Å². The zero-order valence-electron chi connectivity index (χ0n) is 15.5. The van der Waals surface area contributed by atoms with Crippen molar-refractivity contribution in [2.24, 2.45) is 4.99 Å². The van der Waals surface area contributed by atoms with Crippen LogP contribution >= 0.6 is 0 Å². The van der Waals surface area contributed by atoms with Gasteiger partial charge in [-0.25, -0.2) is 4.79 Å². The standard InChI is InChI=1S/C20H26N4O2/c1-15(17-7-5-4-6-8-17)13-22-19(21-2)23-14-16-9-11-18(12-10-16)24-20(25)26-3/h4-12,15H,13-14H2,1-3H3,(H,24,25)(H2,21,22,23). The zero-order chi connectivity index (χ0) is 18.8.